The third-order valence-electron chi connectivity index (χ3n) is 4.82. The number of carbonyl (C=O) groups excluding carboxylic acids is 1. The van der Waals surface area contributed by atoms with Crippen molar-refractivity contribution < 1.29 is 9.53 Å². The minimum atomic E-state index is -0.0960. The number of likely N-dealkylation sites (N-methyl/N-ethyl adjacent to an activating group) is 1. The number of nitrogens with zero attached hydrogens (tertiary/aromatic N) is 1. The van der Waals surface area contributed by atoms with Crippen molar-refractivity contribution in [2.45, 2.75) is 65.1 Å². The van der Waals surface area contributed by atoms with E-state index in [-0.39, 0.29) is 12.1 Å². The van der Waals surface area contributed by atoms with Crippen LogP contribution in [0.2, 0.25) is 0 Å². The summed E-state index contributed by atoms with van der Waals surface area (Å²) in [4.78, 5) is 13.2. The Morgan fingerprint density at radius 3 is 2.32 bits per heavy atom. The van der Waals surface area contributed by atoms with Gasteiger partial charge in [0.1, 0.15) is 6.29 Å². The lowest BCUT2D eigenvalue weighted by molar-refractivity contribution is -0.111. The molecular formula is C18H36N2O2. The minimum Gasteiger partial charge on any atom is -0.379 e. The van der Waals surface area contributed by atoms with Gasteiger partial charge in [-0.2, -0.15) is 0 Å². The van der Waals surface area contributed by atoms with Crippen molar-refractivity contribution in [3.63, 3.8) is 0 Å². The molecule has 0 saturated carbocycles. The molecule has 0 saturated heterocycles. The zero-order chi connectivity index (χ0) is 17.3. The van der Waals surface area contributed by atoms with Gasteiger partial charge in [0, 0.05) is 38.7 Å². The van der Waals surface area contributed by atoms with Crippen molar-refractivity contribution in [3.05, 3.63) is 12.3 Å². The Labute approximate surface area is 137 Å². The molecule has 0 aliphatic rings. The van der Waals surface area contributed by atoms with Gasteiger partial charge in [-0.1, -0.05) is 40.7 Å². The van der Waals surface area contributed by atoms with Gasteiger partial charge in [0.15, 0.2) is 0 Å². The summed E-state index contributed by atoms with van der Waals surface area (Å²) in [5.41, 5.74) is 1.09. The van der Waals surface area contributed by atoms with Gasteiger partial charge in [0.2, 0.25) is 0 Å². The van der Waals surface area contributed by atoms with Crippen LogP contribution in [-0.2, 0) is 9.53 Å². The molecule has 0 amide bonds. The van der Waals surface area contributed by atoms with Crippen molar-refractivity contribution in [1.82, 2.24) is 10.2 Å². The van der Waals surface area contributed by atoms with Crippen LogP contribution in [0, 0.1) is 11.8 Å². The first-order valence-electron chi connectivity index (χ1n) is 8.38. The monoisotopic (exact) mass is 312 g/mol. The number of nitrogens with one attached hydrogen (secondary N) is 1. The molecule has 0 aromatic rings. The molecule has 0 aliphatic carbocycles. The molecule has 0 rings (SSSR count). The summed E-state index contributed by atoms with van der Waals surface area (Å²) in [5.74, 6) is 0.976. The van der Waals surface area contributed by atoms with E-state index in [4.69, 9.17) is 4.74 Å². The Morgan fingerprint density at radius 1 is 1.36 bits per heavy atom. The molecule has 0 aromatic heterocycles. The molecule has 4 heteroatoms. The summed E-state index contributed by atoms with van der Waals surface area (Å²) in [5, 5.41) is 3.36. The second-order valence-electron chi connectivity index (χ2n) is 6.57. The lowest BCUT2D eigenvalue weighted by Crippen LogP contribution is -2.47. The van der Waals surface area contributed by atoms with Gasteiger partial charge in [-0.15, -0.1) is 0 Å². The molecule has 0 radical (unpaired) electrons. The Kier molecular flexibility index (Phi) is 10.4. The van der Waals surface area contributed by atoms with Crippen LogP contribution in [0.3, 0.4) is 0 Å². The molecule has 130 valence electrons. The fraction of sp³-hybridized carbons (Fsp3) is 0.833. The molecule has 1 N–H and O–H groups in total. The van der Waals surface area contributed by atoms with E-state index in [9.17, 15) is 4.79 Å². The average Bonchev–Trinajstić information content (AvgIpc) is 2.50. The van der Waals surface area contributed by atoms with Gasteiger partial charge in [0.25, 0.3) is 0 Å². The van der Waals surface area contributed by atoms with Crippen molar-refractivity contribution in [1.29, 1.82) is 0 Å². The van der Waals surface area contributed by atoms with Crippen LogP contribution in [0.15, 0.2) is 12.3 Å². The molecule has 0 spiro atoms. The van der Waals surface area contributed by atoms with Crippen LogP contribution in [-0.4, -0.2) is 50.6 Å². The fourth-order valence-electron chi connectivity index (χ4n) is 2.99. The van der Waals surface area contributed by atoms with E-state index in [2.05, 4.69) is 51.5 Å². The van der Waals surface area contributed by atoms with E-state index in [1.807, 2.05) is 7.05 Å². The highest BCUT2D eigenvalue weighted by Crippen LogP contribution is 2.25. The normalized spacial score (nSPS) is 16.9. The Hall–Kier alpha value is -0.870. The highest BCUT2D eigenvalue weighted by atomic mass is 16.5. The van der Waals surface area contributed by atoms with Crippen molar-refractivity contribution in [2.75, 3.05) is 21.2 Å². The Morgan fingerprint density at radius 2 is 1.95 bits per heavy atom. The summed E-state index contributed by atoms with van der Waals surface area (Å²) in [6.45, 7) is 13.1. The highest BCUT2D eigenvalue weighted by Gasteiger charge is 2.30. The van der Waals surface area contributed by atoms with Gasteiger partial charge in [-0.25, -0.2) is 0 Å². The van der Waals surface area contributed by atoms with Gasteiger partial charge >= 0.3 is 0 Å². The largest absolute Gasteiger partial charge is 0.379 e. The second kappa shape index (κ2) is 10.8. The second-order valence-corrected chi connectivity index (χ2v) is 6.57. The molecule has 0 bridgehead atoms. The molecule has 4 unspecified atom stereocenters. The first kappa shape index (κ1) is 21.1. The number of carbonyl (C=O) groups is 1. The summed E-state index contributed by atoms with van der Waals surface area (Å²) in [6.07, 6.45) is 3.21. The summed E-state index contributed by atoms with van der Waals surface area (Å²) >= 11 is 0. The zero-order valence-corrected chi connectivity index (χ0v) is 15.6. The first-order valence-corrected chi connectivity index (χ1v) is 8.38. The van der Waals surface area contributed by atoms with Crippen molar-refractivity contribution in [3.8, 4) is 0 Å². The number of ether oxygens (including phenoxy) is 1. The molecule has 0 fully saturated rings. The van der Waals surface area contributed by atoms with Gasteiger partial charge in [-0.05, 0) is 18.9 Å². The SMILES string of the molecule is C=C(CC(NC)C(C)C)N(C)C(C(C)CC)C(CC=O)OC. The van der Waals surface area contributed by atoms with E-state index in [1.54, 1.807) is 7.11 Å². The maximum atomic E-state index is 11.0. The standard InChI is InChI=1S/C18H36N2O2/c1-9-14(4)18(17(22-8)10-11-21)20(7)15(5)12-16(19-6)13(2)3/h11,13-14,16-19H,5,9-10,12H2,1-4,6-8H3. The van der Waals surface area contributed by atoms with E-state index < -0.39 is 0 Å². The molecule has 22 heavy (non-hydrogen) atoms. The minimum absolute atomic E-state index is 0.0960. The lowest BCUT2D eigenvalue weighted by Gasteiger charge is -2.40. The van der Waals surface area contributed by atoms with Crippen LogP contribution in [0.5, 0.6) is 0 Å². The van der Waals surface area contributed by atoms with E-state index in [0.717, 1.165) is 24.8 Å². The van der Waals surface area contributed by atoms with Crippen LogP contribution >= 0.6 is 0 Å². The summed E-state index contributed by atoms with van der Waals surface area (Å²) in [7, 11) is 5.75. The quantitative estimate of drug-likeness (QED) is 0.562. The van der Waals surface area contributed by atoms with Crippen molar-refractivity contribution in [2.24, 2.45) is 11.8 Å². The smallest absolute Gasteiger partial charge is 0.122 e. The van der Waals surface area contributed by atoms with E-state index in [0.29, 0.717) is 24.3 Å². The Balaban J connectivity index is 5.12. The number of aldehydes is 1. The molecule has 0 aliphatic heterocycles. The predicted octanol–water partition coefficient (Wildman–Crippen LogP) is 3.08. The molecule has 4 nitrogen and oxygen atoms in total. The van der Waals surface area contributed by atoms with Crippen LogP contribution in [0.25, 0.3) is 0 Å². The fourth-order valence-corrected chi connectivity index (χ4v) is 2.99. The average molecular weight is 312 g/mol. The third-order valence-corrected chi connectivity index (χ3v) is 4.82. The Bertz CT molecular complexity index is 331. The first-order chi connectivity index (χ1) is 10.3. The highest BCUT2D eigenvalue weighted by molar-refractivity contribution is 5.50. The molecule has 0 heterocycles. The van der Waals surface area contributed by atoms with Gasteiger partial charge in [-0.3, -0.25) is 0 Å². The topological polar surface area (TPSA) is 41.6 Å². The van der Waals surface area contributed by atoms with Gasteiger partial charge < -0.3 is 19.7 Å². The number of methoxy groups -OCH3 is 1. The third kappa shape index (κ3) is 6.09. The molecular weight excluding hydrogens is 276 g/mol. The number of rotatable bonds is 12. The number of hydrogen-bond donors (Lipinski definition) is 1. The zero-order valence-electron chi connectivity index (χ0n) is 15.6. The van der Waals surface area contributed by atoms with Crippen LogP contribution < -0.4 is 5.32 Å². The van der Waals surface area contributed by atoms with Crippen molar-refractivity contribution >= 4 is 6.29 Å². The van der Waals surface area contributed by atoms with E-state index in [1.165, 1.54) is 0 Å². The number of hydrogen-bond acceptors (Lipinski definition) is 4. The maximum absolute atomic E-state index is 11.0. The van der Waals surface area contributed by atoms with Crippen LogP contribution in [0.1, 0.15) is 47.0 Å². The lowest BCUT2D eigenvalue weighted by atomic mass is 9.90. The predicted molar refractivity (Wildman–Crippen MR) is 93.9 cm³/mol. The van der Waals surface area contributed by atoms with E-state index >= 15 is 0 Å². The van der Waals surface area contributed by atoms with Crippen LogP contribution in [0.4, 0.5) is 0 Å². The summed E-state index contributed by atoms with van der Waals surface area (Å²) in [6, 6.07) is 0.567. The molecule has 0 aromatic carbocycles. The summed E-state index contributed by atoms with van der Waals surface area (Å²) < 4.78 is 5.60. The maximum Gasteiger partial charge on any atom is 0.122 e. The molecule has 4 atom stereocenters. The van der Waals surface area contributed by atoms with Gasteiger partial charge in [0.05, 0.1) is 12.1 Å².